The lowest BCUT2D eigenvalue weighted by atomic mass is 9.79. The summed E-state index contributed by atoms with van der Waals surface area (Å²) in [7, 11) is 0. The van der Waals surface area contributed by atoms with Gasteiger partial charge in [-0.2, -0.15) is 0 Å². The Balaban J connectivity index is 1.03. The van der Waals surface area contributed by atoms with Gasteiger partial charge in [0.15, 0.2) is 10.9 Å². The summed E-state index contributed by atoms with van der Waals surface area (Å²) in [5.74, 6) is 0.0967. The summed E-state index contributed by atoms with van der Waals surface area (Å²) in [6.45, 7) is 8.09. The predicted octanol–water partition coefficient (Wildman–Crippen LogP) is 2.94. The van der Waals surface area contributed by atoms with Crippen LogP contribution in [0.1, 0.15) is 52.5 Å². The minimum absolute atomic E-state index is 0.0126. The van der Waals surface area contributed by atoms with Crippen LogP contribution in [0.2, 0.25) is 0 Å². The Morgan fingerprint density at radius 2 is 1.57 bits per heavy atom. The van der Waals surface area contributed by atoms with Crippen LogP contribution in [0.15, 0.2) is 48.5 Å². The molecule has 1 saturated carbocycles. The van der Waals surface area contributed by atoms with Gasteiger partial charge in [0, 0.05) is 68.2 Å². The second-order valence-corrected chi connectivity index (χ2v) is 12.2. The highest BCUT2D eigenvalue weighted by atomic mass is 32.1. The molecule has 0 spiro atoms. The number of morpholine rings is 1. The summed E-state index contributed by atoms with van der Waals surface area (Å²) < 4.78 is 5.52. The van der Waals surface area contributed by atoms with Crippen LogP contribution in [0.25, 0.3) is 0 Å². The number of hydrogen-bond donors (Lipinski definition) is 1. The van der Waals surface area contributed by atoms with Gasteiger partial charge in [-0.05, 0) is 80.4 Å². The van der Waals surface area contributed by atoms with E-state index in [-0.39, 0.29) is 29.6 Å². The molecule has 3 aliphatic heterocycles. The first-order chi connectivity index (χ1) is 20.4. The van der Waals surface area contributed by atoms with E-state index in [9.17, 15) is 14.4 Å². The molecule has 0 aromatic heterocycles. The molecule has 3 saturated heterocycles. The number of benzene rings is 2. The van der Waals surface area contributed by atoms with Crippen molar-refractivity contribution in [1.29, 1.82) is 0 Å². The third-order valence-corrected chi connectivity index (χ3v) is 9.61. The Bertz CT molecular complexity index is 1320. The second kappa shape index (κ2) is 12.5. The van der Waals surface area contributed by atoms with Crippen molar-refractivity contribution in [1.82, 2.24) is 20.0 Å². The first-order valence-corrected chi connectivity index (χ1v) is 15.5. The summed E-state index contributed by atoms with van der Waals surface area (Å²) in [6.07, 6.45) is 2.87. The summed E-state index contributed by atoms with van der Waals surface area (Å²) in [5, 5.41) is 3.95. The highest BCUT2D eigenvalue weighted by Crippen LogP contribution is 2.33. The summed E-state index contributed by atoms with van der Waals surface area (Å²) in [4.78, 5) is 46.8. The zero-order chi connectivity index (χ0) is 29.2. The molecule has 10 heteroatoms. The van der Waals surface area contributed by atoms with Gasteiger partial charge in [-0.3, -0.25) is 24.2 Å². The zero-order valence-electron chi connectivity index (χ0n) is 24.2. The van der Waals surface area contributed by atoms with Crippen LogP contribution < -0.4 is 10.2 Å². The Labute approximate surface area is 252 Å². The number of nitrogens with one attached hydrogen (secondary N) is 1. The van der Waals surface area contributed by atoms with Crippen molar-refractivity contribution in [3.05, 3.63) is 65.2 Å². The quantitative estimate of drug-likeness (QED) is 0.407. The summed E-state index contributed by atoms with van der Waals surface area (Å²) in [5.41, 5.74) is 3.35. The fourth-order valence-corrected chi connectivity index (χ4v) is 7.05. The number of anilines is 1. The van der Waals surface area contributed by atoms with E-state index in [0.29, 0.717) is 41.9 Å². The summed E-state index contributed by atoms with van der Waals surface area (Å²) in [6, 6.07) is 15.7. The molecule has 42 heavy (non-hydrogen) atoms. The maximum Gasteiger partial charge on any atom is 0.253 e. The molecule has 1 N–H and O–H groups in total. The van der Waals surface area contributed by atoms with E-state index >= 15 is 0 Å². The van der Waals surface area contributed by atoms with E-state index in [4.69, 9.17) is 17.0 Å². The first-order valence-electron chi connectivity index (χ1n) is 15.1. The minimum atomic E-state index is -0.0788. The fourth-order valence-electron chi connectivity index (χ4n) is 6.75. The molecular formula is C32H39N5O4S. The monoisotopic (exact) mass is 589 g/mol. The number of rotatable bonds is 6. The van der Waals surface area contributed by atoms with Gasteiger partial charge >= 0.3 is 0 Å². The minimum Gasteiger partial charge on any atom is -0.379 e. The molecule has 0 bridgehead atoms. The van der Waals surface area contributed by atoms with E-state index < -0.39 is 0 Å². The number of piperazine rings is 1. The third kappa shape index (κ3) is 6.07. The van der Waals surface area contributed by atoms with Gasteiger partial charge < -0.3 is 19.9 Å². The number of carbonyl (C=O) groups excluding carboxylic acids is 3. The van der Waals surface area contributed by atoms with Crippen molar-refractivity contribution in [3.8, 4) is 0 Å². The molecule has 4 aliphatic rings. The van der Waals surface area contributed by atoms with Crippen LogP contribution in [0.4, 0.5) is 5.69 Å². The van der Waals surface area contributed by atoms with Crippen molar-refractivity contribution in [3.63, 3.8) is 0 Å². The van der Waals surface area contributed by atoms with Gasteiger partial charge in [0.05, 0.1) is 25.7 Å². The number of hydrogen-bond acceptors (Lipinski definition) is 7. The normalized spacial score (nSPS) is 25.2. The van der Waals surface area contributed by atoms with E-state index in [0.717, 1.165) is 69.9 Å². The van der Waals surface area contributed by atoms with Gasteiger partial charge in [-0.15, -0.1) is 0 Å². The topological polar surface area (TPSA) is 85.4 Å². The van der Waals surface area contributed by atoms with E-state index in [1.54, 1.807) is 11.8 Å². The number of ether oxygens (including phenoxy) is 1. The lowest BCUT2D eigenvalue weighted by Crippen LogP contribution is -2.62. The molecule has 0 radical (unpaired) electrons. The van der Waals surface area contributed by atoms with Gasteiger partial charge in [-0.25, -0.2) is 0 Å². The molecule has 3 atom stereocenters. The lowest BCUT2D eigenvalue weighted by Gasteiger charge is -2.46. The molecule has 9 nitrogen and oxygen atoms in total. The molecule has 3 unspecified atom stereocenters. The van der Waals surface area contributed by atoms with Crippen LogP contribution >= 0.6 is 12.2 Å². The number of amides is 2. The maximum atomic E-state index is 13.6. The van der Waals surface area contributed by atoms with Gasteiger partial charge in [0.2, 0.25) is 5.91 Å². The number of fused-ring (bicyclic) bond motifs is 1. The third-order valence-electron chi connectivity index (χ3n) is 9.27. The van der Waals surface area contributed by atoms with E-state index in [2.05, 4.69) is 15.1 Å². The number of thiocarbonyl (C=S) groups is 1. The van der Waals surface area contributed by atoms with Crippen LogP contribution in [-0.2, 0) is 16.1 Å². The predicted molar refractivity (Wildman–Crippen MR) is 165 cm³/mol. The van der Waals surface area contributed by atoms with Gasteiger partial charge in [0.1, 0.15) is 0 Å². The van der Waals surface area contributed by atoms with Crippen molar-refractivity contribution in [2.45, 2.75) is 44.8 Å². The number of ketones is 1. The molecule has 222 valence electrons. The highest BCUT2D eigenvalue weighted by Gasteiger charge is 2.44. The largest absolute Gasteiger partial charge is 0.379 e. The number of carbonyl (C=O) groups is 3. The maximum absolute atomic E-state index is 13.6. The average molecular weight is 590 g/mol. The number of Topliss-reactive ketones (excluding diaryl/α,β-unsaturated/α-hetero) is 1. The summed E-state index contributed by atoms with van der Waals surface area (Å²) >= 11 is 5.63. The molecule has 1 aliphatic carbocycles. The molecule has 2 aromatic rings. The molecule has 3 heterocycles. The first kappa shape index (κ1) is 28.8. The smallest absolute Gasteiger partial charge is 0.253 e. The van der Waals surface area contributed by atoms with E-state index in [1.807, 2.05) is 53.4 Å². The van der Waals surface area contributed by atoms with Crippen LogP contribution in [0.3, 0.4) is 0 Å². The highest BCUT2D eigenvalue weighted by molar-refractivity contribution is 7.80. The molecule has 2 aromatic carbocycles. The molecule has 2 amide bonds. The van der Waals surface area contributed by atoms with Crippen LogP contribution in [-0.4, -0.2) is 102 Å². The fraction of sp³-hybridized carbons (Fsp3) is 0.500. The van der Waals surface area contributed by atoms with Crippen molar-refractivity contribution in [2.75, 3.05) is 57.4 Å². The van der Waals surface area contributed by atoms with Crippen molar-refractivity contribution in [2.24, 2.45) is 5.92 Å². The van der Waals surface area contributed by atoms with Gasteiger partial charge in [0.25, 0.3) is 5.91 Å². The van der Waals surface area contributed by atoms with Crippen molar-refractivity contribution >= 4 is 40.6 Å². The Kier molecular flexibility index (Phi) is 8.55. The van der Waals surface area contributed by atoms with E-state index in [1.165, 1.54) is 0 Å². The Hall–Kier alpha value is -3.34. The Morgan fingerprint density at radius 1 is 0.905 bits per heavy atom. The number of nitrogens with zero attached hydrogens (tertiary/aromatic N) is 4. The van der Waals surface area contributed by atoms with Gasteiger partial charge in [-0.1, -0.05) is 12.1 Å². The van der Waals surface area contributed by atoms with Crippen molar-refractivity contribution < 1.29 is 19.1 Å². The lowest BCUT2D eigenvalue weighted by molar-refractivity contribution is -0.136. The van der Waals surface area contributed by atoms with Crippen LogP contribution in [0, 0.1) is 5.92 Å². The van der Waals surface area contributed by atoms with Crippen LogP contribution in [0.5, 0.6) is 0 Å². The second-order valence-electron chi connectivity index (χ2n) is 11.8. The average Bonchev–Trinajstić information content (AvgIpc) is 3.03. The SMILES string of the molecule is CC(=O)c1ccc(N2CCN(C(=O)c3ccc(CN4C(=O)C5CC(N6CCOCC6)CCC5NC4=S)cc3)CC2)cc1. The zero-order valence-corrected chi connectivity index (χ0v) is 25.0. The standard InChI is InChI=1S/C32H39N5O4S/c1-22(38)24-6-8-26(9-7-24)34-12-14-36(15-13-34)30(39)25-4-2-23(3-5-25)21-37-31(40)28-20-27(35-16-18-41-19-17-35)10-11-29(28)33-32(37)42/h2-9,27-29H,10-21H2,1H3,(H,33,42). The Morgan fingerprint density at radius 3 is 2.24 bits per heavy atom. The molecule has 6 rings (SSSR count). The molecule has 4 fully saturated rings. The molecular weight excluding hydrogens is 550 g/mol.